The van der Waals surface area contributed by atoms with E-state index in [0.29, 0.717) is 38.0 Å². The number of hydrogen-bond donors (Lipinski definition) is 1. The molecule has 4 heteroatoms. The number of rotatable bonds is 8. The second-order valence-electron chi connectivity index (χ2n) is 3.65. The fraction of sp³-hybridized carbons (Fsp3) is 0.900. The summed E-state index contributed by atoms with van der Waals surface area (Å²) in [4.78, 5) is 11.2. The Kier molecular flexibility index (Phi) is 5.96. The van der Waals surface area contributed by atoms with Crippen molar-refractivity contribution < 1.29 is 9.53 Å². The molecule has 3 nitrogen and oxygen atoms in total. The Labute approximate surface area is 90.1 Å². The molecule has 0 aromatic heterocycles. The first-order chi connectivity index (χ1) is 6.83. The average Bonchev–Trinajstić information content (AvgIpc) is 2.95. The fourth-order valence-corrected chi connectivity index (χ4v) is 1.32. The molecule has 0 aromatic rings. The van der Waals surface area contributed by atoms with Crippen LogP contribution in [0.15, 0.2) is 0 Å². The van der Waals surface area contributed by atoms with E-state index in [2.05, 4.69) is 5.32 Å². The minimum atomic E-state index is 0.185. The van der Waals surface area contributed by atoms with Crippen LogP contribution >= 0.6 is 11.6 Å². The van der Waals surface area contributed by atoms with Crippen molar-refractivity contribution in [1.82, 2.24) is 5.32 Å². The van der Waals surface area contributed by atoms with Crippen LogP contribution in [0.4, 0.5) is 0 Å². The quantitative estimate of drug-likeness (QED) is 0.497. The highest BCUT2D eigenvalue weighted by molar-refractivity contribution is 6.17. The smallest absolute Gasteiger partial charge is 0.220 e. The van der Waals surface area contributed by atoms with E-state index in [0.717, 1.165) is 6.42 Å². The maximum Gasteiger partial charge on any atom is 0.220 e. The molecule has 0 aromatic carbocycles. The first-order valence-electron chi connectivity index (χ1n) is 5.23. The van der Waals surface area contributed by atoms with Crippen LogP contribution in [-0.4, -0.2) is 31.5 Å². The second kappa shape index (κ2) is 7.07. The fourth-order valence-electron chi connectivity index (χ4n) is 1.21. The maximum atomic E-state index is 11.2. The standard InChI is InChI=1S/C10H18ClNO2/c11-4-7-14-6-1-5-12-10(13)8-9-2-3-9/h9H,1-8H2,(H,12,13). The van der Waals surface area contributed by atoms with Gasteiger partial charge in [0.1, 0.15) is 0 Å². The molecule has 1 rings (SSSR count). The molecule has 0 spiro atoms. The van der Waals surface area contributed by atoms with Gasteiger partial charge in [-0.05, 0) is 25.2 Å². The van der Waals surface area contributed by atoms with E-state index in [9.17, 15) is 4.79 Å². The summed E-state index contributed by atoms with van der Waals surface area (Å²) in [7, 11) is 0. The van der Waals surface area contributed by atoms with Gasteiger partial charge in [0, 0.05) is 25.5 Å². The van der Waals surface area contributed by atoms with Crippen molar-refractivity contribution in [2.75, 3.05) is 25.6 Å². The Morgan fingerprint density at radius 1 is 1.43 bits per heavy atom. The lowest BCUT2D eigenvalue weighted by atomic mass is 10.3. The van der Waals surface area contributed by atoms with Crippen molar-refractivity contribution in [1.29, 1.82) is 0 Å². The van der Waals surface area contributed by atoms with Gasteiger partial charge in [0.25, 0.3) is 0 Å². The zero-order chi connectivity index (χ0) is 10.2. The van der Waals surface area contributed by atoms with Crippen molar-refractivity contribution in [3.8, 4) is 0 Å². The van der Waals surface area contributed by atoms with Crippen molar-refractivity contribution in [2.45, 2.75) is 25.7 Å². The SMILES string of the molecule is O=C(CC1CC1)NCCCOCCCl. The van der Waals surface area contributed by atoms with Gasteiger partial charge in [-0.1, -0.05) is 0 Å². The van der Waals surface area contributed by atoms with Crippen molar-refractivity contribution in [2.24, 2.45) is 5.92 Å². The van der Waals surface area contributed by atoms with Gasteiger partial charge in [-0.25, -0.2) is 0 Å². The van der Waals surface area contributed by atoms with Gasteiger partial charge >= 0.3 is 0 Å². The van der Waals surface area contributed by atoms with Gasteiger partial charge in [0.15, 0.2) is 0 Å². The molecular weight excluding hydrogens is 202 g/mol. The molecule has 0 saturated heterocycles. The van der Waals surface area contributed by atoms with Crippen LogP contribution in [0.1, 0.15) is 25.7 Å². The lowest BCUT2D eigenvalue weighted by Gasteiger charge is -2.04. The minimum Gasteiger partial charge on any atom is -0.380 e. The van der Waals surface area contributed by atoms with Crippen LogP contribution in [0.3, 0.4) is 0 Å². The molecule has 1 N–H and O–H groups in total. The molecule has 1 amide bonds. The molecule has 1 aliphatic rings. The molecule has 0 unspecified atom stereocenters. The number of ether oxygens (including phenoxy) is 1. The number of carbonyl (C=O) groups excluding carboxylic acids is 1. The third kappa shape index (κ3) is 6.22. The lowest BCUT2D eigenvalue weighted by molar-refractivity contribution is -0.121. The normalized spacial score (nSPS) is 15.5. The lowest BCUT2D eigenvalue weighted by Crippen LogP contribution is -2.25. The van der Waals surface area contributed by atoms with Gasteiger partial charge in [0.2, 0.25) is 5.91 Å². The Bertz CT molecular complexity index is 172. The van der Waals surface area contributed by atoms with Crippen molar-refractivity contribution >= 4 is 17.5 Å². The average molecular weight is 220 g/mol. The molecule has 0 aliphatic heterocycles. The third-order valence-corrected chi connectivity index (χ3v) is 2.33. The van der Waals surface area contributed by atoms with E-state index in [1.54, 1.807) is 0 Å². The topological polar surface area (TPSA) is 38.3 Å². The predicted octanol–water partition coefficient (Wildman–Crippen LogP) is 1.55. The third-order valence-electron chi connectivity index (χ3n) is 2.18. The maximum absolute atomic E-state index is 11.2. The highest BCUT2D eigenvalue weighted by Crippen LogP contribution is 2.31. The van der Waals surface area contributed by atoms with E-state index in [-0.39, 0.29) is 5.91 Å². The van der Waals surface area contributed by atoms with E-state index < -0.39 is 0 Å². The monoisotopic (exact) mass is 219 g/mol. The van der Waals surface area contributed by atoms with Gasteiger partial charge in [-0.15, -0.1) is 11.6 Å². The zero-order valence-corrected chi connectivity index (χ0v) is 9.18. The van der Waals surface area contributed by atoms with Gasteiger partial charge < -0.3 is 10.1 Å². The van der Waals surface area contributed by atoms with Crippen LogP contribution < -0.4 is 5.32 Å². The molecular formula is C10H18ClNO2. The predicted molar refractivity (Wildman–Crippen MR) is 56.5 cm³/mol. The summed E-state index contributed by atoms with van der Waals surface area (Å²) < 4.78 is 5.17. The van der Waals surface area contributed by atoms with Gasteiger partial charge in [-0.2, -0.15) is 0 Å². The molecule has 14 heavy (non-hydrogen) atoms. The Morgan fingerprint density at radius 2 is 2.21 bits per heavy atom. The molecule has 82 valence electrons. The summed E-state index contributed by atoms with van der Waals surface area (Å²) in [5, 5.41) is 2.88. The Balaban J connectivity index is 1.80. The first-order valence-corrected chi connectivity index (χ1v) is 5.77. The van der Waals surface area contributed by atoms with Crippen LogP contribution in [-0.2, 0) is 9.53 Å². The Hall–Kier alpha value is -0.280. The molecule has 1 aliphatic carbocycles. The van der Waals surface area contributed by atoms with Crippen molar-refractivity contribution in [3.05, 3.63) is 0 Å². The van der Waals surface area contributed by atoms with Gasteiger partial charge in [-0.3, -0.25) is 4.79 Å². The van der Waals surface area contributed by atoms with Crippen LogP contribution in [0, 0.1) is 5.92 Å². The molecule has 0 atom stereocenters. The molecule has 0 heterocycles. The number of halogens is 1. The van der Waals surface area contributed by atoms with Crippen LogP contribution in [0.2, 0.25) is 0 Å². The molecule has 1 saturated carbocycles. The number of carbonyl (C=O) groups is 1. The van der Waals surface area contributed by atoms with E-state index >= 15 is 0 Å². The highest BCUT2D eigenvalue weighted by atomic mass is 35.5. The molecule has 1 fully saturated rings. The number of nitrogens with one attached hydrogen (secondary N) is 1. The summed E-state index contributed by atoms with van der Waals surface area (Å²) >= 11 is 5.43. The molecule has 0 bridgehead atoms. The minimum absolute atomic E-state index is 0.185. The van der Waals surface area contributed by atoms with E-state index in [1.165, 1.54) is 12.8 Å². The summed E-state index contributed by atoms with van der Waals surface area (Å²) in [5.74, 6) is 1.39. The number of alkyl halides is 1. The largest absolute Gasteiger partial charge is 0.380 e. The summed E-state index contributed by atoms with van der Waals surface area (Å²) in [6, 6.07) is 0. The summed E-state index contributed by atoms with van der Waals surface area (Å²) in [6.07, 6.45) is 4.04. The second-order valence-corrected chi connectivity index (χ2v) is 4.03. The highest BCUT2D eigenvalue weighted by Gasteiger charge is 2.23. The summed E-state index contributed by atoms with van der Waals surface area (Å²) in [6.45, 7) is 1.99. The summed E-state index contributed by atoms with van der Waals surface area (Å²) in [5.41, 5.74) is 0. The van der Waals surface area contributed by atoms with Crippen molar-refractivity contribution in [3.63, 3.8) is 0 Å². The van der Waals surface area contributed by atoms with E-state index in [1.807, 2.05) is 0 Å². The number of amides is 1. The Morgan fingerprint density at radius 3 is 2.86 bits per heavy atom. The van der Waals surface area contributed by atoms with Crippen LogP contribution in [0.25, 0.3) is 0 Å². The van der Waals surface area contributed by atoms with Crippen LogP contribution in [0.5, 0.6) is 0 Å². The van der Waals surface area contributed by atoms with E-state index in [4.69, 9.17) is 16.3 Å². The molecule has 0 radical (unpaired) electrons. The van der Waals surface area contributed by atoms with Gasteiger partial charge in [0.05, 0.1) is 6.61 Å². The zero-order valence-electron chi connectivity index (χ0n) is 8.43. The number of hydrogen-bond acceptors (Lipinski definition) is 2. The first kappa shape index (κ1) is 11.8.